The molecule has 1 aliphatic rings. The number of rotatable bonds is 8. The van der Waals surface area contributed by atoms with Gasteiger partial charge in [-0.25, -0.2) is 4.79 Å². The Hall–Kier alpha value is -4.18. The Bertz CT molecular complexity index is 1090. The molecule has 1 aliphatic heterocycles. The van der Waals surface area contributed by atoms with Crippen molar-refractivity contribution in [3.63, 3.8) is 0 Å². The van der Waals surface area contributed by atoms with E-state index in [1.165, 1.54) is 0 Å². The Labute approximate surface area is 187 Å². The third-order valence-corrected chi connectivity index (χ3v) is 4.85. The minimum atomic E-state index is -0.765. The average Bonchev–Trinajstić information content (AvgIpc) is 2.82. The predicted molar refractivity (Wildman–Crippen MR) is 119 cm³/mol. The van der Waals surface area contributed by atoms with Gasteiger partial charge in [0.1, 0.15) is 35.5 Å². The van der Waals surface area contributed by atoms with Gasteiger partial charge in [-0.2, -0.15) is 5.26 Å². The summed E-state index contributed by atoms with van der Waals surface area (Å²) >= 11 is 0. The molecule has 0 aromatic heterocycles. The van der Waals surface area contributed by atoms with Crippen molar-refractivity contribution in [3.05, 3.63) is 89.3 Å². The molecule has 0 radical (unpaired) electrons. The molecule has 1 heterocycles. The second kappa shape index (κ2) is 10.2. The van der Waals surface area contributed by atoms with E-state index in [0.29, 0.717) is 29.2 Å². The highest BCUT2D eigenvalue weighted by molar-refractivity contribution is 5.99. The summed E-state index contributed by atoms with van der Waals surface area (Å²) in [5.74, 6) is 0.0980. The molecule has 0 saturated carbocycles. The quantitative estimate of drug-likeness (QED) is 0.496. The number of ether oxygens (including phenoxy) is 4. The van der Waals surface area contributed by atoms with Crippen LogP contribution in [0.5, 0.6) is 11.5 Å². The molecule has 0 spiro atoms. The molecule has 7 heteroatoms. The van der Waals surface area contributed by atoms with Gasteiger partial charge in [-0.1, -0.05) is 24.8 Å². The molecule has 32 heavy (non-hydrogen) atoms. The molecule has 0 fully saturated rings. The zero-order valence-electron chi connectivity index (χ0n) is 18.0. The molecule has 0 amide bonds. The number of allylic oxidation sites excluding steroid dienone is 1. The van der Waals surface area contributed by atoms with Gasteiger partial charge in [-0.05, 0) is 48.9 Å². The van der Waals surface area contributed by atoms with Crippen molar-refractivity contribution in [1.29, 1.82) is 5.26 Å². The molecule has 1 unspecified atom stereocenters. The lowest BCUT2D eigenvalue weighted by molar-refractivity contribution is -0.138. The highest BCUT2D eigenvalue weighted by atomic mass is 16.5. The fourth-order valence-corrected chi connectivity index (χ4v) is 3.38. The molecule has 3 rings (SSSR count). The Morgan fingerprint density at radius 1 is 1.19 bits per heavy atom. The van der Waals surface area contributed by atoms with Crippen LogP contribution in [0.1, 0.15) is 24.0 Å². The first-order valence-corrected chi connectivity index (χ1v) is 10.0. The number of benzene rings is 2. The summed E-state index contributed by atoms with van der Waals surface area (Å²) in [5, 5.41) is 9.82. The fourth-order valence-electron chi connectivity index (χ4n) is 3.38. The van der Waals surface area contributed by atoms with Gasteiger partial charge in [-0.3, -0.25) is 0 Å². The third-order valence-electron chi connectivity index (χ3n) is 4.85. The van der Waals surface area contributed by atoms with Gasteiger partial charge in [0.25, 0.3) is 0 Å². The number of nitrogens with zero attached hydrogens (tertiary/aromatic N) is 1. The number of methoxy groups -OCH3 is 1. The monoisotopic (exact) mass is 432 g/mol. The number of carbonyl (C=O) groups is 1. The summed E-state index contributed by atoms with van der Waals surface area (Å²) in [6, 6.07) is 16.2. The topological polar surface area (TPSA) is 104 Å². The summed E-state index contributed by atoms with van der Waals surface area (Å²) in [6.45, 7) is 5.87. The van der Waals surface area contributed by atoms with E-state index >= 15 is 0 Å². The first-order valence-electron chi connectivity index (χ1n) is 10.0. The third kappa shape index (κ3) is 4.60. The molecule has 7 nitrogen and oxygen atoms in total. The van der Waals surface area contributed by atoms with E-state index in [2.05, 4.69) is 12.6 Å². The second-order valence-corrected chi connectivity index (χ2v) is 6.79. The molecule has 164 valence electrons. The van der Waals surface area contributed by atoms with Gasteiger partial charge in [0.2, 0.25) is 5.88 Å². The van der Waals surface area contributed by atoms with E-state index in [0.717, 1.165) is 0 Å². The lowest BCUT2D eigenvalue weighted by atomic mass is 9.82. The lowest BCUT2D eigenvalue weighted by Crippen LogP contribution is -2.25. The molecule has 2 aromatic rings. The van der Waals surface area contributed by atoms with Crippen LogP contribution < -0.4 is 15.2 Å². The largest absolute Gasteiger partial charge is 0.497 e. The minimum absolute atomic E-state index is 0.0663. The van der Waals surface area contributed by atoms with Gasteiger partial charge >= 0.3 is 5.97 Å². The van der Waals surface area contributed by atoms with E-state index in [-0.39, 0.29) is 29.4 Å². The van der Waals surface area contributed by atoms with Crippen LogP contribution in [0.25, 0.3) is 5.76 Å². The molecule has 1 atom stereocenters. The SMILES string of the molecule is C=CCOc1ccc(C2C(C#N)=C(N)OC(c3ccc(OC)cc3)=C2C(=O)OCC)cc1. The van der Waals surface area contributed by atoms with E-state index in [4.69, 9.17) is 24.7 Å². The Morgan fingerprint density at radius 2 is 1.84 bits per heavy atom. The number of hydrogen-bond acceptors (Lipinski definition) is 7. The summed E-state index contributed by atoms with van der Waals surface area (Å²) in [6.07, 6.45) is 1.65. The van der Waals surface area contributed by atoms with Crippen molar-refractivity contribution < 1.29 is 23.7 Å². The van der Waals surface area contributed by atoms with E-state index in [1.54, 1.807) is 68.6 Å². The van der Waals surface area contributed by atoms with Gasteiger partial charge in [0.05, 0.1) is 25.2 Å². The Kier molecular flexibility index (Phi) is 7.19. The minimum Gasteiger partial charge on any atom is -0.497 e. The Morgan fingerprint density at radius 3 is 2.41 bits per heavy atom. The standard InChI is InChI=1S/C25H24N2O5/c1-4-14-31-19-12-6-16(7-13-19)21-20(15-26)24(27)32-23(22(21)25(28)30-5-2)17-8-10-18(29-3)11-9-17/h4,6-13,21H,1,5,14,27H2,2-3H3. The van der Waals surface area contributed by atoms with E-state index < -0.39 is 11.9 Å². The maximum Gasteiger partial charge on any atom is 0.338 e. The van der Waals surface area contributed by atoms with Crippen LogP contribution in [0.3, 0.4) is 0 Å². The first kappa shape index (κ1) is 22.5. The number of nitrogens with two attached hydrogens (primary N) is 1. The van der Waals surface area contributed by atoms with Gasteiger partial charge in [-0.15, -0.1) is 0 Å². The highest BCUT2D eigenvalue weighted by Gasteiger charge is 2.38. The van der Waals surface area contributed by atoms with Crippen molar-refractivity contribution in [3.8, 4) is 17.6 Å². The molecule has 0 bridgehead atoms. The summed E-state index contributed by atoms with van der Waals surface area (Å²) in [5.41, 5.74) is 7.72. The van der Waals surface area contributed by atoms with Gasteiger partial charge in [0, 0.05) is 5.56 Å². The predicted octanol–water partition coefficient (Wildman–Crippen LogP) is 4.04. The van der Waals surface area contributed by atoms with Gasteiger partial charge < -0.3 is 24.7 Å². The number of esters is 1. The number of carbonyl (C=O) groups excluding carboxylic acids is 1. The van der Waals surface area contributed by atoms with Gasteiger partial charge in [0.15, 0.2) is 0 Å². The van der Waals surface area contributed by atoms with Crippen LogP contribution in [0, 0.1) is 11.3 Å². The number of nitriles is 1. The molecule has 2 aromatic carbocycles. The average molecular weight is 432 g/mol. The van der Waals surface area contributed by atoms with Crippen molar-refractivity contribution >= 4 is 11.7 Å². The molecule has 2 N–H and O–H groups in total. The molecular weight excluding hydrogens is 408 g/mol. The molecular formula is C25H24N2O5. The summed E-state index contributed by atoms with van der Waals surface area (Å²) in [7, 11) is 1.56. The smallest absolute Gasteiger partial charge is 0.338 e. The maximum atomic E-state index is 13.1. The molecule has 0 saturated heterocycles. The first-order chi connectivity index (χ1) is 15.5. The normalized spacial score (nSPS) is 15.5. The number of hydrogen-bond donors (Lipinski definition) is 1. The lowest BCUT2D eigenvalue weighted by Gasteiger charge is -2.28. The maximum absolute atomic E-state index is 13.1. The van der Waals surface area contributed by atoms with Crippen molar-refractivity contribution in [2.75, 3.05) is 20.3 Å². The van der Waals surface area contributed by atoms with Crippen LogP contribution in [0.2, 0.25) is 0 Å². The zero-order valence-corrected chi connectivity index (χ0v) is 18.0. The molecule has 0 aliphatic carbocycles. The second-order valence-electron chi connectivity index (χ2n) is 6.79. The van der Waals surface area contributed by atoms with Crippen LogP contribution in [0.4, 0.5) is 0 Å². The highest BCUT2D eigenvalue weighted by Crippen LogP contribution is 2.43. The summed E-state index contributed by atoms with van der Waals surface area (Å²) < 4.78 is 21.9. The summed E-state index contributed by atoms with van der Waals surface area (Å²) in [4.78, 5) is 13.1. The van der Waals surface area contributed by atoms with E-state index in [9.17, 15) is 10.1 Å². The van der Waals surface area contributed by atoms with Crippen molar-refractivity contribution in [1.82, 2.24) is 0 Å². The Balaban J connectivity index is 2.17. The van der Waals surface area contributed by atoms with Crippen LogP contribution >= 0.6 is 0 Å². The fraction of sp³-hybridized carbons (Fsp3) is 0.200. The zero-order chi connectivity index (χ0) is 23.1. The van der Waals surface area contributed by atoms with Crippen LogP contribution in [-0.4, -0.2) is 26.3 Å². The van der Waals surface area contributed by atoms with E-state index in [1.807, 2.05) is 0 Å². The van der Waals surface area contributed by atoms with Crippen molar-refractivity contribution in [2.24, 2.45) is 5.73 Å². The van der Waals surface area contributed by atoms with Crippen LogP contribution in [0.15, 0.2) is 78.2 Å². The van der Waals surface area contributed by atoms with Crippen molar-refractivity contribution in [2.45, 2.75) is 12.8 Å². The van der Waals surface area contributed by atoms with Crippen LogP contribution in [-0.2, 0) is 14.3 Å².